The number of hydrogen-bond acceptors (Lipinski definition) is 3. The third-order valence-electron chi connectivity index (χ3n) is 11.3. The zero-order chi connectivity index (χ0) is 37.5. The number of hydrogen-bond donors (Lipinski definition) is 0. The molecule has 3 nitrogen and oxygen atoms in total. The Hall–Kier alpha value is -6.57. The smallest absolute Gasteiger partial charge is 0.456 e. The fourth-order valence-electron chi connectivity index (χ4n) is 8.41. The second-order valence-corrected chi connectivity index (χ2v) is 14.7. The minimum absolute atomic E-state index is 0. The van der Waals surface area contributed by atoms with Crippen molar-refractivity contribution in [2.24, 2.45) is 0 Å². The van der Waals surface area contributed by atoms with E-state index in [0.717, 1.165) is 105 Å². The molecule has 12 aromatic rings. The summed E-state index contributed by atoms with van der Waals surface area (Å²) in [6.07, 6.45) is 0. The van der Waals surface area contributed by atoms with Gasteiger partial charge in [0, 0.05) is 32.3 Å². The molecule has 0 saturated carbocycles. The van der Waals surface area contributed by atoms with Gasteiger partial charge in [0.1, 0.15) is 33.5 Å². The minimum Gasteiger partial charge on any atom is -0.456 e. The first-order valence-electron chi connectivity index (χ1n) is 19.1. The molecule has 0 amide bonds. The van der Waals surface area contributed by atoms with Gasteiger partial charge in [-0.05, 0) is 94.0 Å². The van der Waals surface area contributed by atoms with Crippen LogP contribution in [0.1, 0.15) is 0 Å². The van der Waals surface area contributed by atoms with Gasteiger partial charge in [0.25, 0.3) is 0 Å². The summed E-state index contributed by atoms with van der Waals surface area (Å²) in [7, 11) is 0. The van der Waals surface area contributed by atoms with Crippen LogP contribution in [-0.4, -0.2) is 0 Å². The van der Waals surface area contributed by atoms with Crippen molar-refractivity contribution in [3.63, 3.8) is 0 Å². The van der Waals surface area contributed by atoms with Crippen molar-refractivity contribution in [2.45, 2.75) is 0 Å². The van der Waals surface area contributed by atoms with E-state index in [1.54, 1.807) is 0 Å². The SMILES string of the molecule is [U+2].[c-]1ccc(-c2ccccc2)cc1-c1[c-]ccc(-c2ccc3oc4cc5c(cc4c3c2)oc2ccc(-c3ccc4oc6ccc(-c7ccccc7)cc6c4c3)cc25)c1. The molecule has 0 aliphatic heterocycles. The van der Waals surface area contributed by atoms with Crippen LogP contribution in [-0.2, 0) is 0 Å². The van der Waals surface area contributed by atoms with Gasteiger partial charge in [-0.25, -0.2) is 11.1 Å². The summed E-state index contributed by atoms with van der Waals surface area (Å²) in [5.74, 6) is 0. The fourth-order valence-corrected chi connectivity index (χ4v) is 8.41. The molecule has 3 heterocycles. The van der Waals surface area contributed by atoms with E-state index in [4.69, 9.17) is 13.3 Å². The molecule has 0 bridgehead atoms. The molecule has 0 saturated heterocycles. The first-order chi connectivity index (χ1) is 28.2. The van der Waals surface area contributed by atoms with E-state index < -0.39 is 0 Å². The van der Waals surface area contributed by atoms with Crippen LogP contribution >= 0.6 is 0 Å². The molecule has 58 heavy (non-hydrogen) atoms. The number of fused-ring (bicyclic) bond motifs is 9. The van der Waals surface area contributed by atoms with Gasteiger partial charge < -0.3 is 13.3 Å². The Morgan fingerprint density at radius 1 is 0.259 bits per heavy atom. The largest absolute Gasteiger partial charge is 2.00 e. The Kier molecular flexibility index (Phi) is 8.26. The van der Waals surface area contributed by atoms with Crippen LogP contribution in [0.25, 0.3) is 121 Å². The van der Waals surface area contributed by atoms with E-state index in [1.165, 1.54) is 16.7 Å². The van der Waals surface area contributed by atoms with Crippen LogP contribution in [0.5, 0.6) is 0 Å². The van der Waals surface area contributed by atoms with Gasteiger partial charge in [-0.2, -0.15) is 36.4 Å². The third-order valence-corrected chi connectivity index (χ3v) is 11.3. The van der Waals surface area contributed by atoms with Crippen LogP contribution in [0, 0.1) is 43.2 Å². The fraction of sp³-hybridized carbons (Fsp3) is 0. The van der Waals surface area contributed by atoms with Crippen molar-refractivity contribution in [3.8, 4) is 55.6 Å². The van der Waals surface area contributed by atoms with Crippen LogP contribution in [0.2, 0.25) is 0 Å². The van der Waals surface area contributed by atoms with Crippen LogP contribution in [0.3, 0.4) is 0 Å². The summed E-state index contributed by atoms with van der Waals surface area (Å²) in [5.41, 5.74) is 16.3. The van der Waals surface area contributed by atoms with Crippen LogP contribution < -0.4 is 0 Å². The number of benzene rings is 9. The molecule has 3 aromatic heterocycles. The summed E-state index contributed by atoms with van der Waals surface area (Å²) in [4.78, 5) is 0. The van der Waals surface area contributed by atoms with E-state index in [9.17, 15) is 0 Å². The molecular formula is C54H30O3U. The van der Waals surface area contributed by atoms with Gasteiger partial charge in [0.05, 0.1) is 0 Å². The third kappa shape index (κ3) is 5.80. The molecule has 0 radical (unpaired) electrons. The predicted molar refractivity (Wildman–Crippen MR) is 233 cm³/mol. The Morgan fingerprint density at radius 2 is 0.569 bits per heavy atom. The Bertz CT molecular complexity index is 3520. The molecule has 0 spiro atoms. The summed E-state index contributed by atoms with van der Waals surface area (Å²) in [6, 6.07) is 70.3. The predicted octanol–water partition coefficient (Wildman–Crippen LogP) is 15.3. The molecule has 0 atom stereocenters. The molecule has 0 fully saturated rings. The van der Waals surface area contributed by atoms with E-state index in [1.807, 2.05) is 24.3 Å². The van der Waals surface area contributed by atoms with Crippen LogP contribution in [0.15, 0.2) is 195 Å². The monoisotopic (exact) mass is 964 g/mol. The zero-order valence-electron chi connectivity index (χ0n) is 31.0. The molecule has 12 rings (SSSR count). The van der Waals surface area contributed by atoms with Crippen molar-refractivity contribution < 1.29 is 44.4 Å². The Labute approximate surface area is 357 Å². The van der Waals surface area contributed by atoms with Gasteiger partial charge in [-0.3, -0.25) is 0 Å². The van der Waals surface area contributed by atoms with Crippen molar-refractivity contribution in [3.05, 3.63) is 194 Å². The average Bonchev–Trinajstić information content (AvgIpc) is 3.95. The molecule has 268 valence electrons. The molecule has 0 aliphatic carbocycles. The van der Waals surface area contributed by atoms with Crippen molar-refractivity contribution in [1.29, 1.82) is 0 Å². The van der Waals surface area contributed by atoms with Gasteiger partial charge in [0.15, 0.2) is 0 Å². The Balaban J connectivity index is 0.00000385. The molecular weight excluding hydrogens is 935 g/mol. The molecule has 0 aliphatic rings. The van der Waals surface area contributed by atoms with Crippen molar-refractivity contribution in [1.82, 2.24) is 0 Å². The molecule has 0 N–H and O–H groups in total. The average molecular weight is 965 g/mol. The van der Waals surface area contributed by atoms with E-state index in [-0.39, 0.29) is 31.1 Å². The second-order valence-electron chi connectivity index (χ2n) is 14.7. The summed E-state index contributed by atoms with van der Waals surface area (Å²) in [6.45, 7) is 0. The van der Waals surface area contributed by atoms with Crippen molar-refractivity contribution in [2.75, 3.05) is 0 Å². The minimum atomic E-state index is 0. The van der Waals surface area contributed by atoms with E-state index in [2.05, 4.69) is 170 Å². The van der Waals surface area contributed by atoms with Crippen LogP contribution in [0.4, 0.5) is 0 Å². The summed E-state index contributed by atoms with van der Waals surface area (Å²) in [5, 5.41) is 6.36. The molecule has 4 heteroatoms. The number of rotatable bonds is 5. The van der Waals surface area contributed by atoms with Gasteiger partial charge >= 0.3 is 31.1 Å². The van der Waals surface area contributed by atoms with Gasteiger partial charge in [-0.15, -0.1) is 23.3 Å². The van der Waals surface area contributed by atoms with E-state index >= 15 is 0 Å². The maximum atomic E-state index is 6.50. The van der Waals surface area contributed by atoms with Gasteiger partial charge in [-0.1, -0.05) is 84.9 Å². The molecule has 9 aromatic carbocycles. The first kappa shape index (κ1) is 34.7. The van der Waals surface area contributed by atoms with Gasteiger partial charge in [0.2, 0.25) is 0 Å². The maximum absolute atomic E-state index is 6.50. The normalized spacial score (nSPS) is 11.7. The topological polar surface area (TPSA) is 39.4 Å². The first-order valence-corrected chi connectivity index (χ1v) is 19.1. The van der Waals surface area contributed by atoms with E-state index in [0.29, 0.717) is 0 Å². The Morgan fingerprint density at radius 3 is 0.966 bits per heavy atom. The second kappa shape index (κ2) is 13.8. The maximum Gasteiger partial charge on any atom is 2.00 e. The zero-order valence-corrected chi connectivity index (χ0v) is 35.2. The van der Waals surface area contributed by atoms with Crippen molar-refractivity contribution >= 4 is 65.8 Å². The summed E-state index contributed by atoms with van der Waals surface area (Å²) >= 11 is 0. The quantitative estimate of drug-likeness (QED) is 0.161. The summed E-state index contributed by atoms with van der Waals surface area (Å²) < 4.78 is 19.2. The number of furan rings is 3. The standard InChI is InChI=1S/C54H30O3.U/c1-3-9-33(10-4-1)35-13-7-14-36(25-35)37-15-8-16-38(26-37)40-18-23-51-45(28-40)47-31-54-48(32-53(47)56-51)46-30-42(20-24-52(46)57-54)41-19-22-50-44(29-41)43-27-39(17-21-49(43)55-50)34-11-5-2-6-12-34;/h1-13,16-32H;/q-2;+2. The molecule has 0 unspecified atom stereocenters.